The summed E-state index contributed by atoms with van der Waals surface area (Å²) in [6.45, 7) is 10.4. The lowest BCUT2D eigenvalue weighted by Crippen LogP contribution is -2.15. The van der Waals surface area contributed by atoms with E-state index in [1.165, 1.54) is 22.5 Å². The number of hydrogen-bond donors (Lipinski definition) is 1. The first-order valence-electron chi connectivity index (χ1n) is 7.97. The van der Waals surface area contributed by atoms with Crippen LogP contribution >= 0.6 is 11.3 Å². The minimum atomic E-state index is -0.0780. The molecule has 24 heavy (non-hydrogen) atoms. The number of rotatable bonds is 3. The Bertz CT molecular complexity index is 900. The first kappa shape index (κ1) is 16.7. The fourth-order valence-corrected chi connectivity index (χ4v) is 3.44. The van der Waals surface area contributed by atoms with Gasteiger partial charge in [-0.3, -0.25) is 4.79 Å². The van der Waals surface area contributed by atoms with Gasteiger partial charge in [0.05, 0.1) is 18.4 Å². The summed E-state index contributed by atoms with van der Waals surface area (Å²) in [5, 5.41) is 6.53. The summed E-state index contributed by atoms with van der Waals surface area (Å²) >= 11 is 1.46. The predicted octanol–water partition coefficient (Wildman–Crippen LogP) is 4.98. The van der Waals surface area contributed by atoms with Crippen molar-refractivity contribution < 1.29 is 9.21 Å². The van der Waals surface area contributed by atoms with Gasteiger partial charge in [-0.05, 0) is 37.1 Å². The number of nitrogens with one attached hydrogen (secondary N) is 1. The number of carbonyl (C=O) groups excluding carboxylic acids is 1. The largest absolute Gasteiger partial charge is 0.464 e. The van der Waals surface area contributed by atoms with Crippen LogP contribution < -0.4 is 5.32 Å². The number of aromatic nitrogens is 1. The number of aryl methyl sites for hydroxylation is 2. The van der Waals surface area contributed by atoms with Gasteiger partial charge in [0, 0.05) is 21.7 Å². The molecule has 3 aromatic rings. The van der Waals surface area contributed by atoms with Crippen LogP contribution in [0.25, 0.3) is 11.0 Å². The number of benzene rings is 1. The summed E-state index contributed by atoms with van der Waals surface area (Å²) in [7, 11) is 0. The Hall–Kier alpha value is -2.14. The van der Waals surface area contributed by atoms with Crippen LogP contribution in [-0.4, -0.2) is 10.9 Å². The molecule has 0 saturated heterocycles. The maximum absolute atomic E-state index is 12.3. The normalized spacial score (nSPS) is 11.9. The predicted molar refractivity (Wildman–Crippen MR) is 98.8 cm³/mol. The fourth-order valence-electron chi connectivity index (χ4n) is 2.49. The third kappa shape index (κ3) is 3.36. The van der Waals surface area contributed by atoms with Gasteiger partial charge in [0.1, 0.15) is 5.58 Å². The summed E-state index contributed by atoms with van der Waals surface area (Å²) in [5.74, 6) is -0.0780. The number of nitrogens with zero attached hydrogens (tertiary/aromatic N) is 1. The molecular formula is C19H22N2O2S. The van der Waals surface area contributed by atoms with E-state index in [1.807, 2.05) is 11.4 Å². The molecule has 1 aromatic carbocycles. The van der Waals surface area contributed by atoms with Crippen molar-refractivity contribution in [3.05, 3.63) is 46.2 Å². The van der Waals surface area contributed by atoms with Crippen LogP contribution in [0.2, 0.25) is 0 Å². The first-order chi connectivity index (χ1) is 11.2. The maximum atomic E-state index is 12.3. The number of anilines is 1. The van der Waals surface area contributed by atoms with Crippen LogP contribution in [0.15, 0.2) is 28.2 Å². The molecule has 1 amide bonds. The van der Waals surface area contributed by atoms with Crippen LogP contribution in [0.3, 0.4) is 0 Å². The Morgan fingerprint density at radius 2 is 1.96 bits per heavy atom. The van der Waals surface area contributed by atoms with Crippen molar-refractivity contribution in [3.63, 3.8) is 0 Å². The van der Waals surface area contributed by atoms with Crippen molar-refractivity contribution in [2.75, 3.05) is 5.32 Å². The molecule has 3 rings (SSSR count). The number of furan rings is 1. The first-order valence-corrected chi connectivity index (χ1v) is 8.85. The van der Waals surface area contributed by atoms with Crippen LogP contribution in [0, 0.1) is 13.8 Å². The van der Waals surface area contributed by atoms with Crippen molar-refractivity contribution >= 4 is 33.3 Å². The molecule has 2 aromatic heterocycles. The lowest BCUT2D eigenvalue weighted by atomic mass is 9.93. The number of hydrogen-bond acceptors (Lipinski definition) is 4. The summed E-state index contributed by atoms with van der Waals surface area (Å²) in [6, 6.07) is 4.10. The van der Waals surface area contributed by atoms with Crippen LogP contribution in [0.4, 0.5) is 5.13 Å². The number of thiazole rings is 1. The van der Waals surface area contributed by atoms with E-state index in [-0.39, 0.29) is 17.7 Å². The molecule has 0 bridgehead atoms. The molecule has 0 unspecified atom stereocenters. The average molecular weight is 342 g/mol. The van der Waals surface area contributed by atoms with Crippen LogP contribution in [0.5, 0.6) is 0 Å². The Morgan fingerprint density at radius 1 is 1.25 bits per heavy atom. The zero-order chi connectivity index (χ0) is 17.5. The summed E-state index contributed by atoms with van der Waals surface area (Å²) in [6.07, 6.45) is 1.95. The van der Waals surface area contributed by atoms with Crippen molar-refractivity contribution in [3.8, 4) is 0 Å². The third-order valence-electron chi connectivity index (χ3n) is 4.14. The number of carbonyl (C=O) groups is 1. The highest BCUT2D eigenvalue weighted by atomic mass is 32.1. The van der Waals surface area contributed by atoms with Gasteiger partial charge in [-0.2, -0.15) is 0 Å². The molecule has 0 fully saturated rings. The summed E-state index contributed by atoms with van der Waals surface area (Å²) < 4.78 is 5.59. The van der Waals surface area contributed by atoms with E-state index in [0.717, 1.165) is 22.2 Å². The Morgan fingerprint density at radius 3 is 2.62 bits per heavy atom. The van der Waals surface area contributed by atoms with E-state index in [1.54, 1.807) is 6.26 Å². The van der Waals surface area contributed by atoms with Gasteiger partial charge >= 0.3 is 0 Å². The molecule has 0 atom stereocenters. The van der Waals surface area contributed by atoms with E-state index < -0.39 is 0 Å². The second-order valence-electron chi connectivity index (χ2n) is 7.21. The highest BCUT2D eigenvalue weighted by Gasteiger charge is 2.18. The highest BCUT2D eigenvalue weighted by molar-refractivity contribution is 7.13. The zero-order valence-corrected chi connectivity index (χ0v) is 15.5. The van der Waals surface area contributed by atoms with Gasteiger partial charge < -0.3 is 9.73 Å². The van der Waals surface area contributed by atoms with Gasteiger partial charge in [-0.25, -0.2) is 4.98 Å². The minimum Gasteiger partial charge on any atom is -0.464 e. The van der Waals surface area contributed by atoms with Crippen molar-refractivity contribution in [2.45, 2.75) is 46.5 Å². The van der Waals surface area contributed by atoms with Crippen molar-refractivity contribution in [1.82, 2.24) is 4.98 Å². The van der Waals surface area contributed by atoms with E-state index in [9.17, 15) is 4.79 Å². The molecule has 0 aliphatic heterocycles. The van der Waals surface area contributed by atoms with E-state index >= 15 is 0 Å². The quantitative estimate of drug-likeness (QED) is 0.730. The van der Waals surface area contributed by atoms with Crippen molar-refractivity contribution in [2.24, 2.45) is 0 Å². The molecule has 126 valence electrons. The van der Waals surface area contributed by atoms with Gasteiger partial charge in [-0.15, -0.1) is 11.3 Å². The van der Waals surface area contributed by atoms with Crippen LogP contribution in [0.1, 0.15) is 43.2 Å². The van der Waals surface area contributed by atoms with Gasteiger partial charge in [0.15, 0.2) is 5.13 Å². The molecule has 0 aliphatic rings. The molecule has 2 heterocycles. The third-order valence-corrected chi connectivity index (χ3v) is 4.90. The number of amides is 1. The summed E-state index contributed by atoms with van der Waals surface area (Å²) in [5.41, 5.74) is 5.08. The Balaban J connectivity index is 1.76. The monoisotopic (exact) mass is 342 g/mol. The average Bonchev–Trinajstić information content (AvgIpc) is 3.08. The minimum absolute atomic E-state index is 0.0182. The maximum Gasteiger partial charge on any atom is 0.230 e. The molecule has 4 nitrogen and oxygen atoms in total. The highest BCUT2D eigenvalue weighted by Crippen LogP contribution is 2.27. The Kier molecular flexibility index (Phi) is 4.22. The lowest BCUT2D eigenvalue weighted by Gasteiger charge is -2.14. The second kappa shape index (κ2) is 6.06. The SMILES string of the molecule is Cc1cc2occ(CC(=O)Nc3nc(C(C)(C)C)cs3)c2cc1C. The zero-order valence-electron chi connectivity index (χ0n) is 14.7. The summed E-state index contributed by atoms with van der Waals surface area (Å²) in [4.78, 5) is 16.9. The molecule has 0 saturated carbocycles. The standard InChI is InChI=1S/C19H22N2O2S/c1-11-6-14-13(9-23-15(14)7-12(11)2)8-17(22)21-18-20-16(10-24-18)19(3,4)5/h6-7,9-10H,8H2,1-5H3,(H,20,21,22). The van der Waals surface area contributed by atoms with Gasteiger partial charge in [0.2, 0.25) is 5.91 Å². The van der Waals surface area contributed by atoms with E-state index in [2.05, 4.69) is 51.0 Å². The smallest absolute Gasteiger partial charge is 0.230 e. The molecular weight excluding hydrogens is 320 g/mol. The molecule has 0 aliphatic carbocycles. The van der Waals surface area contributed by atoms with Gasteiger partial charge in [-0.1, -0.05) is 20.8 Å². The second-order valence-corrected chi connectivity index (χ2v) is 8.06. The van der Waals surface area contributed by atoms with E-state index in [0.29, 0.717) is 5.13 Å². The number of fused-ring (bicyclic) bond motifs is 1. The molecule has 1 N–H and O–H groups in total. The van der Waals surface area contributed by atoms with Crippen LogP contribution in [-0.2, 0) is 16.6 Å². The van der Waals surface area contributed by atoms with Gasteiger partial charge in [0.25, 0.3) is 0 Å². The van der Waals surface area contributed by atoms with E-state index in [4.69, 9.17) is 4.42 Å². The Labute approximate surface area is 145 Å². The molecule has 0 spiro atoms. The topological polar surface area (TPSA) is 55.1 Å². The van der Waals surface area contributed by atoms with Crippen molar-refractivity contribution in [1.29, 1.82) is 0 Å². The lowest BCUT2D eigenvalue weighted by molar-refractivity contribution is -0.115. The molecule has 0 radical (unpaired) electrons. The molecule has 5 heteroatoms. The fraction of sp³-hybridized carbons (Fsp3) is 0.368.